The second-order valence-electron chi connectivity index (χ2n) is 8.98. The lowest BCUT2D eigenvalue weighted by molar-refractivity contribution is -0.122. The van der Waals surface area contributed by atoms with Crippen molar-refractivity contribution >= 4 is 40.6 Å². The van der Waals surface area contributed by atoms with E-state index in [1.165, 1.54) is 4.90 Å². The third-order valence-corrected chi connectivity index (χ3v) is 6.81. The molecular formula is C27H33N5O4S. The van der Waals surface area contributed by atoms with Crippen LogP contribution in [0.15, 0.2) is 48.5 Å². The molecule has 3 aromatic rings. The topological polar surface area (TPSA) is 141 Å². The number of methoxy groups -OCH3 is 1. The van der Waals surface area contributed by atoms with Crippen LogP contribution in [-0.4, -0.2) is 35.7 Å². The summed E-state index contributed by atoms with van der Waals surface area (Å²) in [6, 6.07) is 13.3. The quantitative estimate of drug-likeness (QED) is 0.348. The minimum absolute atomic E-state index is 0.0295. The SMILES string of the molecule is CCc1ccc(N(C(=O)c2snc(C(N)=O)c2N)C(C(=O)NCCC(C)C)c2ccc(OC)cc2)cc1. The lowest BCUT2D eigenvalue weighted by Crippen LogP contribution is -2.44. The first-order valence-electron chi connectivity index (χ1n) is 12.1. The van der Waals surface area contributed by atoms with Crippen molar-refractivity contribution in [1.82, 2.24) is 9.69 Å². The molecule has 3 rings (SSSR count). The van der Waals surface area contributed by atoms with E-state index in [1.54, 1.807) is 43.5 Å². The maximum Gasteiger partial charge on any atom is 0.273 e. The Hall–Kier alpha value is -3.92. The highest BCUT2D eigenvalue weighted by atomic mass is 32.1. The summed E-state index contributed by atoms with van der Waals surface area (Å²) in [6.45, 7) is 6.63. The molecule has 1 atom stereocenters. The van der Waals surface area contributed by atoms with Gasteiger partial charge in [0, 0.05) is 12.2 Å². The third kappa shape index (κ3) is 6.45. The number of nitrogens with zero attached hydrogens (tertiary/aromatic N) is 2. The van der Waals surface area contributed by atoms with Crippen molar-refractivity contribution in [2.24, 2.45) is 11.7 Å². The number of nitrogens with two attached hydrogens (primary N) is 2. The smallest absolute Gasteiger partial charge is 0.273 e. The van der Waals surface area contributed by atoms with E-state index < -0.39 is 17.9 Å². The van der Waals surface area contributed by atoms with Crippen molar-refractivity contribution in [3.05, 3.63) is 70.2 Å². The zero-order valence-electron chi connectivity index (χ0n) is 21.5. The van der Waals surface area contributed by atoms with Crippen LogP contribution in [0.5, 0.6) is 5.75 Å². The Labute approximate surface area is 221 Å². The van der Waals surface area contributed by atoms with Gasteiger partial charge < -0.3 is 21.5 Å². The molecule has 0 radical (unpaired) electrons. The van der Waals surface area contributed by atoms with Crippen LogP contribution < -0.4 is 26.4 Å². The molecule has 0 saturated carbocycles. The van der Waals surface area contributed by atoms with Crippen LogP contribution in [0.2, 0.25) is 0 Å². The van der Waals surface area contributed by atoms with Crippen molar-refractivity contribution in [3.8, 4) is 5.75 Å². The summed E-state index contributed by atoms with van der Waals surface area (Å²) in [6.07, 6.45) is 1.60. The summed E-state index contributed by atoms with van der Waals surface area (Å²) < 4.78 is 9.27. The Morgan fingerprint density at radius 3 is 2.24 bits per heavy atom. The summed E-state index contributed by atoms with van der Waals surface area (Å²) in [5.74, 6) is -0.734. The Kier molecular flexibility index (Phi) is 9.24. The molecule has 1 unspecified atom stereocenters. The number of carbonyl (C=O) groups excluding carboxylic acids is 3. The number of anilines is 2. The Balaban J connectivity index is 2.16. The highest BCUT2D eigenvalue weighted by Crippen LogP contribution is 2.34. The highest BCUT2D eigenvalue weighted by molar-refractivity contribution is 7.09. The monoisotopic (exact) mass is 523 g/mol. The molecule has 1 aromatic heterocycles. The van der Waals surface area contributed by atoms with Crippen LogP contribution in [0.3, 0.4) is 0 Å². The molecule has 5 N–H and O–H groups in total. The summed E-state index contributed by atoms with van der Waals surface area (Å²) in [5.41, 5.74) is 13.4. The Bertz CT molecular complexity index is 1240. The number of primary amides is 1. The fraction of sp³-hybridized carbons (Fsp3) is 0.333. The summed E-state index contributed by atoms with van der Waals surface area (Å²) in [4.78, 5) is 40.9. The van der Waals surface area contributed by atoms with Gasteiger partial charge in [0.25, 0.3) is 11.8 Å². The maximum absolute atomic E-state index is 14.0. The number of carbonyl (C=O) groups is 3. The van der Waals surface area contributed by atoms with E-state index in [-0.39, 0.29) is 22.2 Å². The van der Waals surface area contributed by atoms with Gasteiger partial charge in [0.15, 0.2) is 5.69 Å². The molecule has 0 bridgehead atoms. The Morgan fingerprint density at radius 1 is 1.08 bits per heavy atom. The van der Waals surface area contributed by atoms with Gasteiger partial charge in [0.1, 0.15) is 16.7 Å². The zero-order valence-corrected chi connectivity index (χ0v) is 22.3. The van der Waals surface area contributed by atoms with Gasteiger partial charge in [-0.05, 0) is 65.7 Å². The molecule has 9 nitrogen and oxygen atoms in total. The van der Waals surface area contributed by atoms with Crippen molar-refractivity contribution in [1.29, 1.82) is 0 Å². The van der Waals surface area contributed by atoms with E-state index in [0.29, 0.717) is 29.5 Å². The highest BCUT2D eigenvalue weighted by Gasteiger charge is 2.36. The third-order valence-electron chi connectivity index (χ3n) is 5.96. The maximum atomic E-state index is 14.0. The van der Waals surface area contributed by atoms with Gasteiger partial charge in [-0.1, -0.05) is 45.0 Å². The first-order valence-corrected chi connectivity index (χ1v) is 12.8. The number of nitrogen functional groups attached to an aromatic ring is 1. The van der Waals surface area contributed by atoms with Gasteiger partial charge in [-0.3, -0.25) is 19.3 Å². The molecule has 0 aliphatic rings. The number of rotatable bonds is 11. The largest absolute Gasteiger partial charge is 0.497 e. The van der Waals surface area contributed by atoms with Crippen molar-refractivity contribution < 1.29 is 19.1 Å². The number of ether oxygens (including phenoxy) is 1. The number of hydrogen-bond donors (Lipinski definition) is 3. The molecule has 37 heavy (non-hydrogen) atoms. The van der Waals surface area contributed by atoms with E-state index in [0.717, 1.165) is 29.9 Å². The van der Waals surface area contributed by atoms with Crippen LogP contribution in [0.25, 0.3) is 0 Å². The second kappa shape index (κ2) is 12.4. The summed E-state index contributed by atoms with van der Waals surface area (Å²) >= 11 is 0.777. The standard InChI is InChI=1S/C27H33N5O4S/c1-5-17-6-10-19(11-7-17)32(27(35)24-21(28)22(25(29)33)31-37-24)23(26(34)30-15-14-16(2)3)18-8-12-20(36-4)13-9-18/h6-13,16,23H,5,14-15,28H2,1-4H3,(H2,29,33)(H,30,34). The van der Waals surface area contributed by atoms with E-state index in [1.807, 2.05) is 19.1 Å². The van der Waals surface area contributed by atoms with Gasteiger partial charge in [-0.2, -0.15) is 4.37 Å². The Morgan fingerprint density at radius 2 is 1.73 bits per heavy atom. The molecule has 0 aliphatic heterocycles. The molecule has 1 heterocycles. The van der Waals surface area contributed by atoms with Crippen molar-refractivity contribution in [2.75, 3.05) is 24.3 Å². The first-order chi connectivity index (χ1) is 17.7. The van der Waals surface area contributed by atoms with E-state index in [9.17, 15) is 14.4 Å². The number of amides is 3. The van der Waals surface area contributed by atoms with Gasteiger partial charge in [-0.15, -0.1) is 0 Å². The molecule has 0 saturated heterocycles. The van der Waals surface area contributed by atoms with Crippen molar-refractivity contribution in [2.45, 2.75) is 39.7 Å². The minimum Gasteiger partial charge on any atom is -0.497 e. The molecule has 2 aromatic carbocycles. The average Bonchev–Trinajstić information content (AvgIpc) is 3.28. The van der Waals surface area contributed by atoms with Gasteiger partial charge in [0.05, 0.1) is 12.8 Å². The average molecular weight is 524 g/mol. The second-order valence-corrected chi connectivity index (χ2v) is 9.76. The molecule has 10 heteroatoms. The van der Waals surface area contributed by atoms with Crippen LogP contribution in [0.4, 0.5) is 11.4 Å². The summed E-state index contributed by atoms with van der Waals surface area (Å²) in [7, 11) is 1.55. The van der Waals surface area contributed by atoms with E-state index >= 15 is 0 Å². The van der Waals surface area contributed by atoms with Gasteiger partial charge in [-0.25, -0.2) is 0 Å². The summed E-state index contributed by atoms with van der Waals surface area (Å²) in [5, 5.41) is 2.98. The van der Waals surface area contributed by atoms with E-state index in [2.05, 4.69) is 23.5 Å². The predicted octanol–water partition coefficient (Wildman–Crippen LogP) is 3.95. The van der Waals surface area contributed by atoms with E-state index in [4.69, 9.17) is 16.2 Å². The lowest BCUT2D eigenvalue weighted by Gasteiger charge is -2.31. The number of aromatic nitrogens is 1. The number of nitrogens with one attached hydrogen (secondary N) is 1. The first kappa shape index (κ1) is 27.7. The molecular weight excluding hydrogens is 490 g/mol. The van der Waals surface area contributed by atoms with Gasteiger partial charge in [0.2, 0.25) is 5.91 Å². The van der Waals surface area contributed by atoms with Gasteiger partial charge >= 0.3 is 0 Å². The molecule has 196 valence electrons. The normalized spacial score (nSPS) is 11.7. The fourth-order valence-corrected chi connectivity index (χ4v) is 4.54. The predicted molar refractivity (Wildman–Crippen MR) is 146 cm³/mol. The van der Waals surface area contributed by atoms with Crippen LogP contribution in [0.1, 0.15) is 64.5 Å². The van der Waals surface area contributed by atoms with Crippen molar-refractivity contribution in [3.63, 3.8) is 0 Å². The zero-order chi connectivity index (χ0) is 27.1. The van der Waals surface area contributed by atoms with Crippen LogP contribution in [-0.2, 0) is 11.2 Å². The molecule has 3 amide bonds. The molecule has 0 spiro atoms. The molecule has 0 fully saturated rings. The van der Waals surface area contributed by atoms with Crippen LogP contribution >= 0.6 is 11.5 Å². The van der Waals surface area contributed by atoms with Crippen LogP contribution in [0, 0.1) is 5.92 Å². The fourth-order valence-electron chi connectivity index (χ4n) is 3.80. The lowest BCUT2D eigenvalue weighted by atomic mass is 10.0. The number of hydrogen-bond acceptors (Lipinski definition) is 7. The minimum atomic E-state index is -1.03. The number of aryl methyl sites for hydroxylation is 1. The molecule has 0 aliphatic carbocycles. The number of benzene rings is 2.